The molecule has 0 heterocycles. The Morgan fingerprint density at radius 3 is 1.75 bits per heavy atom. The highest BCUT2D eigenvalue weighted by molar-refractivity contribution is 7.86. The molecule has 0 saturated heterocycles. The first-order valence-electron chi connectivity index (χ1n) is 8.04. The molecule has 0 spiro atoms. The summed E-state index contributed by atoms with van der Waals surface area (Å²) in [6.45, 7) is 0. The molecule has 28 heavy (non-hydrogen) atoms. The summed E-state index contributed by atoms with van der Waals surface area (Å²) >= 11 is 0. The third-order valence-electron chi connectivity index (χ3n) is 4.03. The second-order valence-corrected chi connectivity index (χ2v) is 8.62. The van der Waals surface area contributed by atoms with Crippen LogP contribution in [0.3, 0.4) is 0 Å². The molecule has 0 amide bonds. The number of hydrogen-bond donors (Lipinski definition) is 0. The first-order chi connectivity index (χ1) is 13.2. The van der Waals surface area contributed by atoms with Gasteiger partial charge in [-0.25, -0.2) is 16.8 Å². The van der Waals surface area contributed by atoms with Crippen molar-refractivity contribution in [3.05, 3.63) is 84.9 Å². The van der Waals surface area contributed by atoms with E-state index in [1.807, 2.05) is 12.1 Å². The molecular formula is C20H14O6S2-2. The minimum absolute atomic E-state index is 0.157. The molecule has 0 atom stereocenters. The Morgan fingerprint density at radius 2 is 1.11 bits per heavy atom. The van der Waals surface area contributed by atoms with Gasteiger partial charge in [0.2, 0.25) is 0 Å². The van der Waals surface area contributed by atoms with E-state index >= 15 is 0 Å². The fourth-order valence-electron chi connectivity index (χ4n) is 2.74. The van der Waals surface area contributed by atoms with Gasteiger partial charge < -0.3 is 9.11 Å². The molecule has 4 rings (SSSR count). The molecule has 0 bridgehead atoms. The van der Waals surface area contributed by atoms with Crippen LogP contribution in [0.4, 0.5) is 0 Å². The quantitative estimate of drug-likeness (QED) is 0.464. The summed E-state index contributed by atoms with van der Waals surface area (Å²) in [6.07, 6.45) is 0. The van der Waals surface area contributed by atoms with Crippen molar-refractivity contribution in [2.45, 2.75) is 9.79 Å². The zero-order valence-electron chi connectivity index (χ0n) is 14.3. The van der Waals surface area contributed by atoms with Gasteiger partial charge >= 0.3 is 0 Å². The van der Waals surface area contributed by atoms with E-state index in [0.29, 0.717) is 5.39 Å². The van der Waals surface area contributed by atoms with Crippen LogP contribution in [0.25, 0.3) is 21.5 Å². The van der Waals surface area contributed by atoms with Crippen molar-refractivity contribution >= 4 is 41.8 Å². The highest BCUT2D eigenvalue weighted by Crippen LogP contribution is 2.22. The van der Waals surface area contributed by atoms with Gasteiger partial charge in [0.1, 0.15) is 20.2 Å². The van der Waals surface area contributed by atoms with Crippen LogP contribution in [0.1, 0.15) is 0 Å². The summed E-state index contributed by atoms with van der Waals surface area (Å²) in [5.41, 5.74) is 0. The van der Waals surface area contributed by atoms with Gasteiger partial charge in [0.25, 0.3) is 0 Å². The molecule has 0 fully saturated rings. The molecule has 144 valence electrons. The van der Waals surface area contributed by atoms with Crippen molar-refractivity contribution in [1.29, 1.82) is 0 Å². The third kappa shape index (κ3) is 4.55. The molecule has 4 aromatic rings. The maximum Gasteiger partial charge on any atom is 0.125 e. The van der Waals surface area contributed by atoms with E-state index in [9.17, 15) is 25.9 Å². The molecule has 0 aromatic heterocycles. The largest absolute Gasteiger partial charge is 0.744 e. The van der Waals surface area contributed by atoms with Gasteiger partial charge in [-0.05, 0) is 39.7 Å². The van der Waals surface area contributed by atoms with E-state index < -0.39 is 20.2 Å². The summed E-state index contributed by atoms with van der Waals surface area (Å²) in [6, 6.07) is 23.2. The summed E-state index contributed by atoms with van der Waals surface area (Å²) in [4.78, 5) is -0.341. The monoisotopic (exact) mass is 414 g/mol. The highest BCUT2D eigenvalue weighted by atomic mass is 32.2. The van der Waals surface area contributed by atoms with Crippen LogP contribution in [0.5, 0.6) is 0 Å². The predicted octanol–water partition coefficient (Wildman–Crippen LogP) is 3.49. The van der Waals surface area contributed by atoms with Crippen molar-refractivity contribution < 1.29 is 25.9 Å². The van der Waals surface area contributed by atoms with Crippen molar-refractivity contribution in [3.8, 4) is 0 Å². The molecule has 8 heteroatoms. The number of benzene rings is 4. The van der Waals surface area contributed by atoms with Crippen LogP contribution in [-0.4, -0.2) is 25.9 Å². The zero-order chi connectivity index (χ0) is 20.4. The predicted molar refractivity (Wildman–Crippen MR) is 104 cm³/mol. The van der Waals surface area contributed by atoms with Crippen molar-refractivity contribution in [2.75, 3.05) is 0 Å². The second-order valence-electron chi connectivity index (χ2n) is 5.89. The Morgan fingerprint density at radius 1 is 0.536 bits per heavy atom. The van der Waals surface area contributed by atoms with Gasteiger partial charge in [0.15, 0.2) is 0 Å². The molecule has 0 saturated carbocycles. The number of hydrogen-bond acceptors (Lipinski definition) is 6. The number of rotatable bonds is 2. The fraction of sp³-hybridized carbons (Fsp3) is 0. The van der Waals surface area contributed by atoms with Crippen molar-refractivity contribution in [3.63, 3.8) is 0 Å². The Labute approximate surface area is 162 Å². The lowest BCUT2D eigenvalue weighted by atomic mass is 10.1. The van der Waals surface area contributed by atoms with Crippen LogP contribution in [-0.2, 0) is 20.2 Å². The molecule has 0 N–H and O–H groups in total. The SMILES string of the molecule is O=S(=O)([O-])c1ccc2ccccc2c1.O=S(=O)([O-])c1cccc2ccccc12. The lowest BCUT2D eigenvalue weighted by molar-refractivity contribution is 0.461. The van der Waals surface area contributed by atoms with E-state index in [2.05, 4.69) is 0 Å². The molecule has 0 unspecified atom stereocenters. The lowest BCUT2D eigenvalue weighted by Gasteiger charge is -2.09. The normalized spacial score (nSPS) is 11.8. The van der Waals surface area contributed by atoms with Gasteiger partial charge in [0, 0.05) is 0 Å². The summed E-state index contributed by atoms with van der Waals surface area (Å²) in [5.74, 6) is 0. The Kier molecular flexibility index (Phi) is 5.48. The highest BCUT2D eigenvalue weighted by Gasteiger charge is 2.05. The third-order valence-corrected chi connectivity index (χ3v) is 5.75. The summed E-state index contributed by atoms with van der Waals surface area (Å²) in [7, 11) is -8.72. The van der Waals surface area contributed by atoms with E-state index in [0.717, 1.165) is 16.2 Å². The van der Waals surface area contributed by atoms with Gasteiger partial charge in [-0.3, -0.25) is 0 Å². The van der Waals surface area contributed by atoms with Crippen LogP contribution < -0.4 is 0 Å². The Bertz CT molecular complexity index is 1350. The number of fused-ring (bicyclic) bond motifs is 2. The van der Waals surface area contributed by atoms with Gasteiger partial charge in [0.05, 0.1) is 9.79 Å². The first kappa shape index (κ1) is 20.0. The fourth-order valence-corrected chi connectivity index (χ4v) is 3.94. The topological polar surface area (TPSA) is 114 Å². The molecule has 0 aliphatic carbocycles. The van der Waals surface area contributed by atoms with E-state index in [1.165, 1.54) is 18.2 Å². The maximum atomic E-state index is 10.9. The van der Waals surface area contributed by atoms with Crippen LogP contribution in [0, 0.1) is 0 Å². The Hall–Kier alpha value is -2.78. The van der Waals surface area contributed by atoms with Crippen molar-refractivity contribution in [1.82, 2.24) is 0 Å². The summed E-state index contributed by atoms with van der Waals surface area (Å²) in [5, 5.41) is 2.90. The Balaban J connectivity index is 0.000000161. The maximum absolute atomic E-state index is 10.9. The van der Waals surface area contributed by atoms with Crippen molar-refractivity contribution in [2.24, 2.45) is 0 Å². The van der Waals surface area contributed by atoms with Gasteiger partial charge in [-0.1, -0.05) is 66.7 Å². The van der Waals surface area contributed by atoms with Crippen LogP contribution in [0.15, 0.2) is 94.7 Å². The van der Waals surface area contributed by atoms with Gasteiger partial charge in [-0.2, -0.15) is 0 Å². The molecule has 0 aliphatic heterocycles. The molecule has 4 aromatic carbocycles. The minimum Gasteiger partial charge on any atom is -0.744 e. The van der Waals surface area contributed by atoms with E-state index in [-0.39, 0.29) is 9.79 Å². The minimum atomic E-state index is -4.38. The van der Waals surface area contributed by atoms with E-state index in [1.54, 1.807) is 54.6 Å². The molecule has 0 radical (unpaired) electrons. The smallest absolute Gasteiger partial charge is 0.125 e. The molecule has 0 aliphatic rings. The zero-order valence-corrected chi connectivity index (χ0v) is 16.0. The summed E-state index contributed by atoms with van der Waals surface area (Å²) < 4.78 is 64.8. The molecular weight excluding hydrogens is 400 g/mol. The molecule has 6 nitrogen and oxygen atoms in total. The average molecular weight is 414 g/mol. The van der Waals surface area contributed by atoms with Crippen LogP contribution >= 0.6 is 0 Å². The average Bonchev–Trinajstić information content (AvgIpc) is 2.66. The first-order valence-corrected chi connectivity index (χ1v) is 10.9. The van der Waals surface area contributed by atoms with E-state index in [4.69, 9.17) is 0 Å². The second kappa shape index (κ2) is 7.69. The van der Waals surface area contributed by atoms with Gasteiger partial charge in [-0.15, -0.1) is 0 Å². The lowest BCUT2D eigenvalue weighted by Crippen LogP contribution is -1.98. The van der Waals surface area contributed by atoms with Crippen LogP contribution in [0.2, 0.25) is 0 Å². The standard InChI is InChI=1S/2C10H8O3S/c11-14(12,13)10-7-3-5-8-4-1-2-6-9(8)10;11-14(12,13)10-6-5-8-3-1-2-4-9(8)7-10/h2*1-7H,(H,11,12,13)/p-2.